The van der Waals surface area contributed by atoms with Crippen LogP contribution in [0.25, 0.3) is 5.52 Å². The molecule has 0 aliphatic carbocycles. The second-order valence-corrected chi connectivity index (χ2v) is 4.29. The van der Waals surface area contributed by atoms with Crippen molar-refractivity contribution >= 4 is 27.4 Å². The zero-order valence-corrected chi connectivity index (χ0v) is 10.9. The lowest BCUT2D eigenvalue weighted by Crippen LogP contribution is -2.07. The Hall–Kier alpha value is -1.40. The van der Waals surface area contributed by atoms with Gasteiger partial charge in [-0.15, -0.1) is 0 Å². The number of hydrogen-bond donors (Lipinski definition) is 1. The SMILES string of the molecule is COC(=O)c1nc(CCN)n2c(Br)cccc12. The van der Waals surface area contributed by atoms with E-state index in [1.807, 2.05) is 22.6 Å². The van der Waals surface area contributed by atoms with Gasteiger partial charge in [0.25, 0.3) is 0 Å². The Kier molecular flexibility index (Phi) is 3.44. The van der Waals surface area contributed by atoms with Crippen LogP contribution in [0.1, 0.15) is 16.3 Å². The fraction of sp³-hybridized carbons (Fsp3) is 0.273. The molecule has 0 unspecified atom stereocenters. The minimum atomic E-state index is -0.441. The maximum atomic E-state index is 11.6. The van der Waals surface area contributed by atoms with Crippen LogP contribution in [0.2, 0.25) is 0 Å². The van der Waals surface area contributed by atoms with Gasteiger partial charge in [0.15, 0.2) is 5.69 Å². The van der Waals surface area contributed by atoms with E-state index in [-0.39, 0.29) is 0 Å². The molecule has 0 saturated carbocycles. The van der Waals surface area contributed by atoms with Crippen LogP contribution in [0.4, 0.5) is 0 Å². The number of methoxy groups -OCH3 is 1. The second-order valence-electron chi connectivity index (χ2n) is 3.48. The molecule has 0 bridgehead atoms. The molecule has 2 rings (SSSR count). The summed E-state index contributed by atoms with van der Waals surface area (Å²) in [7, 11) is 1.34. The van der Waals surface area contributed by atoms with Crippen molar-refractivity contribution in [1.82, 2.24) is 9.38 Å². The van der Waals surface area contributed by atoms with E-state index in [4.69, 9.17) is 10.5 Å². The van der Waals surface area contributed by atoms with E-state index in [0.29, 0.717) is 18.7 Å². The van der Waals surface area contributed by atoms with Crippen molar-refractivity contribution in [2.45, 2.75) is 6.42 Å². The number of carbonyl (C=O) groups is 1. The van der Waals surface area contributed by atoms with Gasteiger partial charge in [0.1, 0.15) is 5.82 Å². The van der Waals surface area contributed by atoms with E-state index >= 15 is 0 Å². The van der Waals surface area contributed by atoms with Crippen LogP contribution in [0.3, 0.4) is 0 Å². The van der Waals surface area contributed by atoms with Gasteiger partial charge >= 0.3 is 5.97 Å². The lowest BCUT2D eigenvalue weighted by Gasteiger charge is -2.01. The second kappa shape index (κ2) is 4.85. The molecule has 90 valence electrons. The lowest BCUT2D eigenvalue weighted by atomic mass is 10.3. The summed E-state index contributed by atoms with van der Waals surface area (Å²) in [5.41, 5.74) is 6.57. The number of nitrogens with two attached hydrogens (primary N) is 1. The Balaban J connectivity index is 2.70. The topological polar surface area (TPSA) is 69.6 Å². The molecule has 2 N–H and O–H groups in total. The largest absolute Gasteiger partial charge is 0.464 e. The number of carbonyl (C=O) groups excluding carboxylic acids is 1. The van der Waals surface area contributed by atoms with Crippen LogP contribution in [0.15, 0.2) is 22.8 Å². The molecule has 0 atom stereocenters. The number of ether oxygens (including phenoxy) is 1. The normalized spacial score (nSPS) is 10.8. The molecule has 0 aliphatic rings. The number of hydrogen-bond acceptors (Lipinski definition) is 4. The summed E-state index contributed by atoms with van der Waals surface area (Å²) < 4.78 is 7.41. The standard InChI is InChI=1S/C11H12BrN3O2/c1-17-11(16)10-7-3-2-4-8(12)15(7)9(14-10)5-6-13/h2-4H,5-6,13H2,1H3. The predicted molar refractivity (Wildman–Crippen MR) is 67.0 cm³/mol. The maximum absolute atomic E-state index is 11.6. The van der Waals surface area contributed by atoms with Crippen LogP contribution < -0.4 is 5.73 Å². The van der Waals surface area contributed by atoms with Gasteiger partial charge in [0.2, 0.25) is 0 Å². The lowest BCUT2D eigenvalue weighted by molar-refractivity contribution is 0.0597. The van der Waals surface area contributed by atoms with E-state index in [1.54, 1.807) is 0 Å². The first-order chi connectivity index (χ1) is 8.19. The molecule has 2 heterocycles. The van der Waals surface area contributed by atoms with Gasteiger partial charge in [-0.2, -0.15) is 0 Å². The fourth-order valence-corrected chi connectivity index (χ4v) is 2.26. The summed E-state index contributed by atoms with van der Waals surface area (Å²) in [6, 6.07) is 5.56. The minimum Gasteiger partial charge on any atom is -0.464 e. The van der Waals surface area contributed by atoms with Crippen molar-refractivity contribution in [3.05, 3.63) is 34.3 Å². The van der Waals surface area contributed by atoms with E-state index in [1.165, 1.54) is 7.11 Å². The first-order valence-electron chi connectivity index (χ1n) is 5.13. The third kappa shape index (κ3) is 2.05. The first-order valence-corrected chi connectivity index (χ1v) is 5.92. The first kappa shape index (κ1) is 12.1. The van der Waals surface area contributed by atoms with Crippen molar-refractivity contribution in [1.29, 1.82) is 0 Å². The van der Waals surface area contributed by atoms with E-state index in [0.717, 1.165) is 15.9 Å². The van der Waals surface area contributed by atoms with Gasteiger partial charge in [-0.05, 0) is 34.6 Å². The molecule has 5 nitrogen and oxygen atoms in total. The molecule has 0 spiro atoms. The number of esters is 1. The highest BCUT2D eigenvalue weighted by Crippen LogP contribution is 2.20. The average Bonchev–Trinajstić information content (AvgIpc) is 2.69. The van der Waals surface area contributed by atoms with Gasteiger partial charge in [-0.3, -0.25) is 4.40 Å². The highest BCUT2D eigenvalue weighted by Gasteiger charge is 2.18. The maximum Gasteiger partial charge on any atom is 0.358 e. The molecule has 6 heteroatoms. The Morgan fingerprint density at radius 2 is 2.35 bits per heavy atom. The summed E-state index contributed by atoms with van der Waals surface area (Å²) in [4.78, 5) is 15.9. The van der Waals surface area contributed by atoms with E-state index < -0.39 is 5.97 Å². The number of pyridine rings is 1. The molecule has 2 aromatic heterocycles. The van der Waals surface area contributed by atoms with Crippen LogP contribution in [0, 0.1) is 0 Å². The quantitative estimate of drug-likeness (QED) is 0.686. The summed E-state index contributed by atoms with van der Waals surface area (Å²) in [6.45, 7) is 0.473. The van der Waals surface area contributed by atoms with Crippen LogP contribution in [0.5, 0.6) is 0 Å². The average molecular weight is 298 g/mol. The Morgan fingerprint density at radius 1 is 1.59 bits per heavy atom. The van der Waals surface area contributed by atoms with Crippen LogP contribution in [-0.4, -0.2) is 29.0 Å². The summed E-state index contributed by atoms with van der Waals surface area (Å²) >= 11 is 3.43. The molecule has 17 heavy (non-hydrogen) atoms. The van der Waals surface area contributed by atoms with Crippen LogP contribution in [-0.2, 0) is 11.2 Å². The molecule has 0 aliphatic heterocycles. The zero-order valence-electron chi connectivity index (χ0n) is 9.31. The molecule has 0 fully saturated rings. The predicted octanol–water partition coefficient (Wildman–Crippen LogP) is 1.38. The van der Waals surface area contributed by atoms with Gasteiger partial charge in [0.05, 0.1) is 17.2 Å². The highest BCUT2D eigenvalue weighted by atomic mass is 79.9. The van der Waals surface area contributed by atoms with Gasteiger partial charge in [-0.1, -0.05) is 6.07 Å². The Bertz CT molecular complexity index is 565. The molecule has 0 radical (unpaired) electrons. The van der Waals surface area contributed by atoms with Crippen molar-refractivity contribution < 1.29 is 9.53 Å². The number of rotatable bonds is 3. The monoisotopic (exact) mass is 297 g/mol. The van der Waals surface area contributed by atoms with Crippen molar-refractivity contribution in [2.75, 3.05) is 13.7 Å². The van der Waals surface area contributed by atoms with Crippen molar-refractivity contribution in [3.63, 3.8) is 0 Å². The summed E-state index contributed by atoms with van der Waals surface area (Å²) in [5.74, 6) is 0.305. The zero-order chi connectivity index (χ0) is 12.4. The van der Waals surface area contributed by atoms with Crippen molar-refractivity contribution in [3.8, 4) is 0 Å². The van der Waals surface area contributed by atoms with Crippen molar-refractivity contribution in [2.24, 2.45) is 5.73 Å². The third-order valence-corrected chi connectivity index (χ3v) is 3.05. The Morgan fingerprint density at radius 3 is 3.00 bits per heavy atom. The highest BCUT2D eigenvalue weighted by molar-refractivity contribution is 9.10. The van der Waals surface area contributed by atoms with Gasteiger partial charge in [0, 0.05) is 6.42 Å². The summed E-state index contributed by atoms with van der Waals surface area (Å²) in [6.07, 6.45) is 0.598. The summed E-state index contributed by atoms with van der Waals surface area (Å²) in [5, 5.41) is 0. The number of halogens is 1. The fourth-order valence-electron chi connectivity index (χ4n) is 1.71. The third-order valence-electron chi connectivity index (χ3n) is 2.43. The number of fused-ring (bicyclic) bond motifs is 1. The number of imidazole rings is 1. The molecule has 0 amide bonds. The molecule has 2 aromatic rings. The minimum absolute atomic E-state index is 0.317. The molecule has 0 saturated heterocycles. The molecular weight excluding hydrogens is 286 g/mol. The van der Waals surface area contributed by atoms with Crippen LogP contribution >= 0.6 is 15.9 Å². The van der Waals surface area contributed by atoms with Gasteiger partial charge < -0.3 is 10.5 Å². The van der Waals surface area contributed by atoms with E-state index in [2.05, 4.69) is 20.9 Å². The van der Waals surface area contributed by atoms with E-state index in [9.17, 15) is 4.79 Å². The van der Waals surface area contributed by atoms with Gasteiger partial charge in [-0.25, -0.2) is 9.78 Å². The Labute approximate surface area is 107 Å². The molecule has 0 aromatic carbocycles. The molecular formula is C11H12BrN3O2. The number of nitrogens with zero attached hydrogens (tertiary/aromatic N) is 2. The smallest absolute Gasteiger partial charge is 0.358 e. The number of aromatic nitrogens is 2.